The summed E-state index contributed by atoms with van der Waals surface area (Å²) in [4.78, 5) is 34.3. The van der Waals surface area contributed by atoms with Gasteiger partial charge in [0.05, 0.1) is 0 Å². The highest BCUT2D eigenvalue weighted by Crippen LogP contribution is 2.26. The lowest BCUT2D eigenvalue weighted by Crippen LogP contribution is -2.49. The van der Waals surface area contributed by atoms with E-state index in [9.17, 15) is 19.5 Å². The lowest BCUT2D eigenvalue weighted by atomic mass is 9.84. The first-order chi connectivity index (χ1) is 9.58. The maximum Gasteiger partial charge on any atom is 0.326 e. The first-order valence-electron chi connectivity index (χ1n) is 6.97. The van der Waals surface area contributed by atoms with Crippen molar-refractivity contribution >= 4 is 23.5 Å². The van der Waals surface area contributed by atoms with Gasteiger partial charge in [-0.15, -0.1) is 0 Å². The zero-order chi connectivity index (χ0) is 14.5. The van der Waals surface area contributed by atoms with Crippen LogP contribution in [0, 0.1) is 5.92 Å². The summed E-state index contributed by atoms with van der Waals surface area (Å²) in [6.07, 6.45) is 5.21. The van der Waals surface area contributed by atoms with Crippen LogP contribution in [0.4, 0.5) is 0 Å². The Morgan fingerprint density at radius 3 is 2.50 bits per heavy atom. The average Bonchev–Trinajstić information content (AvgIpc) is 2.46. The molecule has 7 heteroatoms. The summed E-state index contributed by atoms with van der Waals surface area (Å²) in [5.41, 5.74) is 2.42. The molecule has 0 aromatic carbocycles. The Morgan fingerprint density at radius 2 is 1.95 bits per heavy atom. The van der Waals surface area contributed by atoms with E-state index in [0.29, 0.717) is 0 Å². The van der Waals surface area contributed by atoms with E-state index in [1.54, 1.807) is 0 Å². The molecule has 1 atom stereocenters. The summed E-state index contributed by atoms with van der Waals surface area (Å²) in [5.74, 6) is -1.76. The number of aliphatic carboxylic acids is 1. The molecule has 7 nitrogen and oxygen atoms in total. The highest BCUT2D eigenvalue weighted by molar-refractivity contribution is 6.39. The monoisotopic (exact) mass is 281 g/mol. The smallest absolute Gasteiger partial charge is 0.326 e. The molecule has 0 aromatic rings. The summed E-state index contributed by atoms with van der Waals surface area (Å²) >= 11 is 0. The van der Waals surface area contributed by atoms with Gasteiger partial charge in [0.2, 0.25) is 5.91 Å². The summed E-state index contributed by atoms with van der Waals surface area (Å²) in [6.45, 7) is 0. The minimum Gasteiger partial charge on any atom is -0.480 e. The third-order valence-corrected chi connectivity index (χ3v) is 3.84. The summed E-state index contributed by atoms with van der Waals surface area (Å²) in [7, 11) is 0. The van der Waals surface area contributed by atoms with Gasteiger partial charge in [0.15, 0.2) is 0 Å². The molecule has 0 spiro atoms. The van der Waals surface area contributed by atoms with Crippen molar-refractivity contribution in [2.45, 2.75) is 51.0 Å². The molecule has 0 radical (unpaired) electrons. The summed E-state index contributed by atoms with van der Waals surface area (Å²) in [6, 6.07) is -0.872. The maximum atomic E-state index is 12.0. The number of carboxylic acids is 1. The topological polar surface area (TPSA) is 108 Å². The number of nitrogens with one attached hydrogen (secondary N) is 2. The highest BCUT2D eigenvalue weighted by Gasteiger charge is 2.32. The predicted octanol–water partition coefficient (Wildman–Crippen LogP) is 0.402. The second-order valence-electron chi connectivity index (χ2n) is 5.28. The molecular weight excluding hydrogens is 262 g/mol. The number of hydrazone groups is 1. The number of nitrogens with zero attached hydrogens (tertiary/aromatic N) is 1. The molecular formula is C13H19N3O4. The van der Waals surface area contributed by atoms with Crippen molar-refractivity contribution in [1.82, 2.24) is 10.7 Å². The number of amides is 2. The Hall–Kier alpha value is -1.92. The van der Waals surface area contributed by atoms with Gasteiger partial charge in [-0.1, -0.05) is 19.3 Å². The third kappa shape index (κ3) is 3.55. The van der Waals surface area contributed by atoms with Crippen molar-refractivity contribution in [2.75, 3.05) is 0 Å². The van der Waals surface area contributed by atoms with Crippen LogP contribution >= 0.6 is 0 Å². The first kappa shape index (κ1) is 14.5. The zero-order valence-corrected chi connectivity index (χ0v) is 11.2. The Morgan fingerprint density at radius 1 is 1.25 bits per heavy atom. The Kier molecular flexibility index (Phi) is 4.70. The predicted molar refractivity (Wildman–Crippen MR) is 71.0 cm³/mol. The number of rotatable bonds is 4. The molecule has 2 aliphatic rings. The van der Waals surface area contributed by atoms with Gasteiger partial charge in [-0.2, -0.15) is 5.10 Å². The molecule has 20 heavy (non-hydrogen) atoms. The molecule has 1 aliphatic heterocycles. The second kappa shape index (κ2) is 6.49. The number of hydrogen-bond donors (Lipinski definition) is 3. The van der Waals surface area contributed by atoms with Crippen molar-refractivity contribution in [3.05, 3.63) is 0 Å². The van der Waals surface area contributed by atoms with Crippen LogP contribution in [0.1, 0.15) is 44.9 Å². The molecule has 110 valence electrons. The van der Waals surface area contributed by atoms with Crippen molar-refractivity contribution < 1.29 is 19.5 Å². The first-order valence-corrected chi connectivity index (χ1v) is 6.97. The SMILES string of the molecule is O=C1CCC(C(=O)NC(C(=O)O)C2CCCCC2)=NN1. The summed E-state index contributed by atoms with van der Waals surface area (Å²) < 4.78 is 0. The standard InChI is InChI=1S/C13H19N3O4/c17-10-7-6-9(15-16-10)12(18)14-11(13(19)20)8-4-2-1-3-5-8/h8,11H,1-7H2,(H,14,18)(H,16,17)(H,19,20). The fourth-order valence-electron chi connectivity index (χ4n) is 2.71. The van der Waals surface area contributed by atoms with Crippen LogP contribution in [0.5, 0.6) is 0 Å². The van der Waals surface area contributed by atoms with Crippen LogP contribution in [0.3, 0.4) is 0 Å². The van der Waals surface area contributed by atoms with Crippen molar-refractivity contribution in [3.8, 4) is 0 Å². The molecule has 1 fully saturated rings. The third-order valence-electron chi connectivity index (χ3n) is 3.84. The van der Waals surface area contributed by atoms with Crippen LogP contribution in [-0.4, -0.2) is 34.6 Å². The van der Waals surface area contributed by atoms with Crippen molar-refractivity contribution in [2.24, 2.45) is 11.0 Å². The lowest BCUT2D eigenvalue weighted by Gasteiger charge is -2.28. The van der Waals surface area contributed by atoms with Gasteiger partial charge in [-0.25, -0.2) is 10.2 Å². The Bertz CT molecular complexity index is 441. The molecule has 1 unspecified atom stereocenters. The van der Waals surface area contributed by atoms with Crippen molar-refractivity contribution in [3.63, 3.8) is 0 Å². The van der Waals surface area contributed by atoms with E-state index < -0.39 is 17.9 Å². The van der Waals surface area contributed by atoms with Crippen molar-refractivity contribution in [1.29, 1.82) is 0 Å². The molecule has 1 saturated carbocycles. The van der Waals surface area contributed by atoms with Gasteiger partial charge in [-0.3, -0.25) is 9.59 Å². The number of carboxylic acid groups (broad SMARTS) is 1. The van der Waals surface area contributed by atoms with E-state index in [2.05, 4.69) is 15.8 Å². The van der Waals surface area contributed by atoms with E-state index >= 15 is 0 Å². The minimum atomic E-state index is -1.01. The minimum absolute atomic E-state index is 0.0241. The van der Waals surface area contributed by atoms with Crippen LogP contribution < -0.4 is 10.7 Å². The van der Waals surface area contributed by atoms with E-state index in [4.69, 9.17) is 0 Å². The fourth-order valence-corrected chi connectivity index (χ4v) is 2.71. The molecule has 2 rings (SSSR count). The van der Waals surface area contributed by atoms with Gasteiger partial charge in [0.25, 0.3) is 5.91 Å². The van der Waals surface area contributed by atoms with Crippen LogP contribution in [0.2, 0.25) is 0 Å². The number of carbonyl (C=O) groups is 3. The second-order valence-corrected chi connectivity index (χ2v) is 5.28. The summed E-state index contributed by atoms with van der Waals surface area (Å²) in [5, 5.41) is 15.5. The molecule has 2 amide bonds. The molecule has 1 heterocycles. The van der Waals surface area contributed by atoms with Gasteiger partial charge in [-0.05, 0) is 18.8 Å². The molecule has 3 N–H and O–H groups in total. The van der Waals surface area contributed by atoms with E-state index in [1.165, 1.54) is 0 Å². The highest BCUT2D eigenvalue weighted by atomic mass is 16.4. The van der Waals surface area contributed by atoms with Crippen LogP contribution in [-0.2, 0) is 14.4 Å². The van der Waals surface area contributed by atoms with E-state index in [-0.39, 0.29) is 30.4 Å². The quantitative estimate of drug-likeness (QED) is 0.693. The van der Waals surface area contributed by atoms with Gasteiger partial charge in [0, 0.05) is 12.8 Å². The lowest BCUT2D eigenvalue weighted by molar-refractivity contribution is -0.143. The van der Waals surface area contributed by atoms with Crippen LogP contribution in [0.15, 0.2) is 5.10 Å². The van der Waals surface area contributed by atoms with Crippen LogP contribution in [0.25, 0.3) is 0 Å². The van der Waals surface area contributed by atoms with E-state index in [0.717, 1.165) is 32.1 Å². The normalized spacial score (nSPS) is 21.6. The zero-order valence-electron chi connectivity index (χ0n) is 11.2. The molecule has 0 aromatic heterocycles. The molecule has 1 aliphatic carbocycles. The van der Waals surface area contributed by atoms with Gasteiger partial charge in [0.1, 0.15) is 11.8 Å². The number of carbonyl (C=O) groups excluding carboxylic acids is 2. The fraction of sp³-hybridized carbons (Fsp3) is 0.692. The average molecular weight is 281 g/mol. The Balaban J connectivity index is 1.98. The number of hydrogen-bond acceptors (Lipinski definition) is 4. The maximum absolute atomic E-state index is 12.0. The molecule has 0 saturated heterocycles. The Labute approximate surface area is 116 Å². The largest absolute Gasteiger partial charge is 0.480 e. The molecule has 0 bridgehead atoms. The van der Waals surface area contributed by atoms with Gasteiger partial charge >= 0.3 is 5.97 Å². The van der Waals surface area contributed by atoms with Gasteiger partial charge < -0.3 is 10.4 Å². The van der Waals surface area contributed by atoms with E-state index in [1.807, 2.05) is 0 Å².